The van der Waals surface area contributed by atoms with Crippen molar-refractivity contribution in [3.05, 3.63) is 31.8 Å². The number of H-pyrrole nitrogens is 1. The minimum atomic E-state index is -1.08. The third-order valence-electron chi connectivity index (χ3n) is 3.17. The SMILES string of the molecule is CCC(CC1CC1)n1c(=O)[nH]c(Cl)c(F)c1=O. The molecule has 1 fully saturated rings. The third-order valence-corrected chi connectivity index (χ3v) is 3.43. The second-order valence-corrected chi connectivity index (χ2v) is 4.85. The number of hydrogen-bond acceptors (Lipinski definition) is 2. The van der Waals surface area contributed by atoms with Crippen LogP contribution in [0.2, 0.25) is 5.15 Å². The van der Waals surface area contributed by atoms with Crippen LogP contribution in [0.1, 0.15) is 38.6 Å². The topological polar surface area (TPSA) is 54.9 Å². The summed E-state index contributed by atoms with van der Waals surface area (Å²) in [6.45, 7) is 1.88. The maximum Gasteiger partial charge on any atom is 0.329 e. The molecule has 0 amide bonds. The van der Waals surface area contributed by atoms with E-state index >= 15 is 0 Å². The van der Waals surface area contributed by atoms with Gasteiger partial charge >= 0.3 is 5.69 Å². The summed E-state index contributed by atoms with van der Waals surface area (Å²) in [5.41, 5.74) is -1.56. The molecule has 1 N–H and O–H groups in total. The summed E-state index contributed by atoms with van der Waals surface area (Å²) in [6.07, 6.45) is 3.62. The number of nitrogens with zero attached hydrogens (tertiary/aromatic N) is 1. The Kier molecular flexibility index (Phi) is 3.38. The minimum absolute atomic E-state index is 0.245. The van der Waals surface area contributed by atoms with E-state index in [1.807, 2.05) is 6.92 Å². The zero-order chi connectivity index (χ0) is 12.6. The van der Waals surface area contributed by atoms with Gasteiger partial charge in [0.05, 0.1) is 0 Å². The van der Waals surface area contributed by atoms with Crippen LogP contribution in [-0.4, -0.2) is 9.55 Å². The van der Waals surface area contributed by atoms with Gasteiger partial charge in [0.2, 0.25) is 5.82 Å². The lowest BCUT2D eigenvalue weighted by Crippen LogP contribution is -2.40. The molecule has 1 aromatic heterocycles. The molecule has 17 heavy (non-hydrogen) atoms. The van der Waals surface area contributed by atoms with Crippen molar-refractivity contribution in [3.63, 3.8) is 0 Å². The van der Waals surface area contributed by atoms with Crippen molar-refractivity contribution < 1.29 is 4.39 Å². The lowest BCUT2D eigenvalue weighted by molar-refractivity contribution is 0.389. The van der Waals surface area contributed by atoms with Gasteiger partial charge in [-0.15, -0.1) is 0 Å². The minimum Gasteiger partial charge on any atom is -0.295 e. The van der Waals surface area contributed by atoms with Crippen molar-refractivity contribution in [2.24, 2.45) is 5.92 Å². The van der Waals surface area contributed by atoms with Gasteiger partial charge in [0.15, 0.2) is 5.15 Å². The van der Waals surface area contributed by atoms with Gasteiger partial charge in [0.25, 0.3) is 5.56 Å². The van der Waals surface area contributed by atoms with E-state index in [2.05, 4.69) is 4.98 Å². The fourth-order valence-corrected chi connectivity index (χ4v) is 2.19. The van der Waals surface area contributed by atoms with Crippen molar-refractivity contribution in [3.8, 4) is 0 Å². The molecule has 4 nitrogen and oxygen atoms in total. The van der Waals surface area contributed by atoms with Gasteiger partial charge in [-0.3, -0.25) is 14.3 Å². The van der Waals surface area contributed by atoms with E-state index in [0.29, 0.717) is 12.3 Å². The van der Waals surface area contributed by atoms with Crippen LogP contribution in [0.25, 0.3) is 0 Å². The van der Waals surface area contributed by atoms with Crippen LogP contribution in [-0.2, 0) is 0 Å². The zero-order valence-electron chi connectivity index (χ0n) is 9.50. The molecule has 1 aliphatic carbocycles. The standard InChI is InChI=1S/C11H14ClFN2O2/c1-2-7(5-6-3-4-6)15-10(16)8(13)9(12)14-11(15)17/h6-7H,2-5H2,1H3,(H,14,17). The van der Waals surface area contributed by atoms with Crippen molar-refractivity contribution in [2.45, 2.75) is 38.6 Å². The molecule has 1 aliphatic rings. The second kappa shape index (κ2) is 4.64. The first-order valence-electron chi connectivity index (χ1n) is 5.74. The predicted octanol–water partition coefficient (Wildman–Crippen LogP) is 2.08. The number of aromatic nitrogens is 2. The predicted molar refractivity (Wildman–Crippen MR) is 63.0 cm³/mol. The molecule has 0 saturated heterocycles. The summed E-state index contributed by atoms with van der Waals surface area (Å²) in [7, 11) is 0. The summed E-state index contributed by atoms with van der Waals surface area (Å²) >= 11 is 5.41. The normalized spacial score (nSPS) is 17.1. The quantitative estimate of drug-likeness (QED) is 0.843. The first-order valence-corrected chi connectivity index (χ1v) is 6.12. The largest absolute Gasteiger partial charge is 0.329 e. The number of aromatic amines is 1. The van der Waals surface area contributed by atoms with Crippen LogP contribution in [0.5, 0.6) is 0 Å². The van der Waals surface area contributed by atoms with Gasteiger partial charge in [-0.25, -0.2) is 4.79 Å². The first kappa shape index (κ1) is 12.4. The molecule has 1 atom stereocenters. The number of hydrogen-bond donors (Lipinski definition) is 1. The van der Waals surface area contributed by atoms with E-state index in [0.717, 1.165) is 23.8 Å². The van der Waals surface area contributed by atoms with E-state index in [-0.39, 0.29) is 6.04 Å². The molecule has 1 heterocycles. The van der Waals surface area contributed by atoms with E-state index in [9.17, 15) is 14.0 Å². The summed E-state index contributed by atoms with van der Waals surface area (Å²) < 4.78 is 14.3. The molecule has 0 radical (unpaired) electrons. The van der Waals surface area contributed by atoms with E-state index in [4.69, 9.17) is 11.6 Å². The van der Waals surface area contributed by atoms with Crippen molar-refractivity contribution in [1.82, 2.24) is 9.55 Å². The Balaban J connectivity index is 2.45. The highest BCUT2D eigenvalue weighted by Crippen LogP contribution is 2.37. The van der Waals surface area contributed by atoms with E-state index in [1.54, 1.807) is 0 Å². The Bertz CT molecular complexity index is 533. The smallest absolute Gasteiger partial charge is 0.295 e. The fraction of sp³-hybridized carbons (Fsp3) is 0.636. The van der Waals surface area contributed by atoms with Gasteiger partial charge in [-0.2, -0.15) is 4.39 Å². The Hall–Kier alpha value is -1.10. The maximum absolute atomic E-state index is 13.4. The van der Waals surface area contributed by atoms with Crippen LogP contribution >= 0.6 is 11.6 Å². The molecule has 1 unspecified atom stereocenters. The lowest BCUT2D eigenvalue weighted by atomic mass is 10.1. The second-order valence-electron chi connectivity index (χ2n) is 4.47. The molecule has 6 heteroatoms. The molecule has 2 rings (SSSR count). The van der Waals surface area contributed by atoms with Crippen LogP contribution in [0.15, 0.2) is 9.59 Å². The summed E-state index contributed by atoms with van der Waals surface area (Å²) in [5, 5.41) is -0.516. The monoisotopic (exact) mass is 260 g/mol. The highest BCUT2D eigenvalue weighted by Gasteiger charge is 2.27. The average molecular weight is 261 g/mol. The highest BCUT2D eigenvalue weighted by atomic mass is 35.5. The first-order chi connectivity index (χ1) is 8.04. The molecule has 0 aromatic carbocycles. The van der Waals surface area contributed by atoms with Crippen LogP contribution in [0.3, 0.4) is 0 Å². The summed E-state index contributed by atoms with van der Waals surface area (Å²) in [6, 6.07) is -0.245. The number of halogens is 2. The lowest BCUT2D eigenvalue weighted by Gasteiger charge is -2.16. The van der Waals surface area contributed by atoms with Crippen LogP contribution < -0.4 is 11.2 Å². The number of rotatable bonds is 4. The molecule has 0 spiro atoms. The van der Waals surface area contributed by atoms with Gasteiger partial charge < -0.3 is 0 Å². The Labute approximate surface area is 102 Å². The van der Waals surface area contributed by atoms with E-state index < -0.39 is 22.2 Å². The summed E-state index contributed by atoms with van der Waals surface area (Å²) in [4.78, 5) is 25.5. The molecule has 94 valence electrons. The van der Waals surface area contributed by atoms with E-state index in [1.165, 1.54) is 0 Å². The Morgan fingerprint density at radius 3 is 2.71 bits per heavy atom. The molecule has 1 saturated carbocycles. The Morgan fingerprint density at radius 2 is 2.18 bits per heavy atom. The van der Waals surface area contributed by atoms with Gasteiger partial charge in [-0.1, -0.05) is 31.4 Å². The highest BCUT2D eigenvalue weighted by molar-refractivity contribution is 6.29. The molecular weight excluding hydrogens is 247 g/mol. The zero-order valence-corrected chi connectivity index (χ0v) is 10.3. The molecular formula is C11H14ClFN2O2. The number of nitrogens with one attached hydrogen (secondary N) is 1. The molecule has 0 bridgehead atoms. The average Bonchev–Trinajstić information content (AvgIpc) is 3.08. The van der Waals surface area contributed by atoms with Gasteiger partial charge in [0.1, 0.15) is 0 Å². The van der Waals surface area contributed by atoms with Crippen LogP contribution in [0.4, 0.5) is 4.39 Å². The van der Waals surface area contributed by atoms with Crippen LogP contribution in [0, 0.1) is 11.7 Å². The maximum atomic E-state index is 13.4. The summed E-state index contributed by atoms with van der Waals surface area (Å²) in [5.74, 6) is -0.523. The third kappa shape index (κ3) is 2.44. The fourth-order valence-electron chi connectivity index (χ4n) is 2.03. The van der Waals surface area contributed by atoms with Crippen molar-refractivity contribution >= 4 is 11.6 Å². The van der Waals surface area contributed by atoms with Gasteiger partial charge in [-0.05, 0) is 18.8 Å². The van der Waals surface area contributed by atoms with Crippen molar-refractivity contribution in [2.75, 3.05) is 0 Å². The molecule has 0 aliphatic heterocycles. The van der Waals surface area contributed by atoms with Gasteiger partial charge in [0, 0.05) is 6.04 Å². The van der Waals surface area contributed by atoms with Crippen molar-refractivity contribution in [1.29, 1.82) is 0 Å². The Morgan fingerprint density at radius 1 is 1.53 bits per heavy atom. The molecule has 1 aromatic rings.